The Morgan fingerprint density at radius 3 is 2.39 bits per heavy atom. The van der Waals surface area contributed by atoms with Gasteiger partial charge in [-0.3, -0.25) is 4.79 Å². The minimum absolute atomic E-state index is 0.113. The molecule has 0 aromatic heterocycles. The van der Waals surface area contributed by atoms with E-state index < -0.39 is 0 Å². The van der Waals surface area contributed by atoms with E-state index in [0.717, 1.165) is 34.9 Å². The molecule has 3 heteroatoms. The molecule has 0 radical (unpaired) electrons. The van der Waals surface area contributed by atoms with Gasteiger partial charge < -0.3 is 9.84 Å². The van der Waals surface area contributed by atoms with Crippen LogP contribution in [-0.2, 0) is 16.0 Å². The summed E-state index contributed by atoms with van der Waals surface area (Å²) in [7, 11) is 0. The molecule has 1 fully saturated rings. The number of aryl methyl sites for hydroxylation is 3. The predicted octanol–water partition coefficient (Wildman–Crippen LogP) is 4.70. The molecular weight excluding hydrogens is 288 g/mol. The molecule has 1 aliphatic carbocycles. The molecule has 3 nitrogen and oxygen atoms in total. The Morgan fingerprint density at radius 1 is 1.17 bits per heavy atom. The van der Waals surface area contributed by atoms with E-state index in [1.165, 1.54) is 25.7 Å². The second-order valence-corrected chi connectivity index (χ2v) is 7.21. The number of ether oxygens (including phenoxy) is 1. The molecule has 1 N–H and O–H groups in total. The van der Waals surface area contributed by atoms with Gasteiger partial charge in [-0.15, -0.1) is 0 Å². The van der Waals surface area contributed by atoms with Gasteiger partial charge in [0.25, 0.3) is 0 Å². The van der Waals surface area contributed by atoms with Crippen molar-refractivity contribution < 1.29 is 14.6 Å². The Labute approximate surface area is 140 Å². The van der Waals surface area contributed by atoms with E-state index in [1.54, 1.807) is 0 Å². The highest BCUT2D eigenvalue weighted by molar-refractivity contribution is 5.69. The maximum absolute atomic E-state index is 11.9. The number of phenolic OH excluding ortho intramolecular Hbond substituents is 1. The Bertz CT molecular complexity index is 505. The van der Waals surface area contributed by atoms with Crippen LogP contribution in [0.3, 0.4) is 0 Å². The van der Waals surface area contributed by atoms with Gasteiger partial charge in [-0.05, 0) is 55.2 Å². The Hall–Kier alpha value is -1.51. The maximum Gasteiger partial charge on any atom is 0.306 e. The van der Waals surface area contributed by atoms with Crippen molar-refractivity contribution >= 4 is 5.97 Å². The van der Waals surface area contributed by atoms with E-state index in [9.17, 15) is 9.90 Å². The minimum Gasteiger partial charge on any atom is -0.507 e. The van der Waals surface area contributed by atoms with Crippen molar-refractivity contribution in [3.63, 3.8) is 0 Å². The lowest BCUT2D eigenvalue weighted by Gasteiger charge is -2.25. The van der Waals surface area contributed by atoms with Gasteiger partial charge in [-0.25, -0.2) is 0 Å². The predicted molar refractivity (Wildman–Crippen MR) is 92.6 cm³/mol. The Balaban J connectivity index is 1.67. The van der Waals surface area contributed by atoms with Crippen LogP contribution in [0, 0.1) is 25.7 Å². The van der Waals surface area contributed by atoms with Crippen molar-refractivity contribution in [2.24, 2.45) is 11.8 Å². The molecule has 1 aromatic carbocycles. The number of carbonyl (C=O) groups is 1. The SMILES string of the molecule is Cc1cc(CCC(=O)OCCC2CCC(C)CC2)cc(C)c1O. The number of phenols is 1. The van der Waals surface area contributed by atoms with E-state index in [-0.39, 0.29) is 5.97 Å². The van der Waals surface area contributed by atoms with E-state index >= 15 is 0 Å². The molecule has 0 aliphatic heterocycles. The fourth-order valence-corrected chi connectivity index (χ4v) is 3.47. The van der Waals surface area contributed by atoms with Gasteiger partial charge >= 0.3 is 5.97 Å². The van der Waals surface area contributed by atoms with Crippen LogP contribution in [0.1, 0.15) is 62.1 Å². The Kier molecular flexibility index (Phi) is 6.49. The summed E-state index contributed by atoms with van der Waals surface area (Å²) in [6, 6.07) is 3.89. The summed E-state index contributed by atoms with van der Waals surface area (Å²) in [5.74, 6) is 1.84. The molecule has 0 saturated heterocycles. The quantitative estimate of drug-likeness (QED) is 0.773. The molecule has 0 unspecified atom stereocenters. The van der Waals surface area contributed by atoms with Crippen LogP contribution < -0.4 is 0 Å². The first-order valence-electron chi connectivity index (χ1n) is 8.90. The van der Waals surface area contributed by atoms with E-state index in [4.69, 9.17) is 4.74 Å². The second-order valence-electron chi connectivity index (χ2n) is 7.21. The lowest BCUT2D eigenvalue weighted by Crippen LogP contribution is -2.15. The third-order valence-corrected chi connectivity index (χ3v) is 5.09. The summed E-state index contributed by atoms with van der Waals surface area (Å²) in [5.41, 5.74) is 2.80. The summed E-state index contributed by atoms with van der Waals surface area (Å²) in [6.07, 6.45) is 7.29. The molecule has 0 bridgehead atoms. The standard InChI is InChI=1S/C20H30O3/c1-14-4-6-17(7-5-14)10-11-23-19(21)9-8-18-12-15(2)20(22)16(3)13-18/h12-14,17,22H,4-11H2,1-3H3. The number of benzene rings is 1. The van der Waals surface area contributed by atoms with Crippen LogP contribution in [0.2, 0.25) is 0 Å². The fourth-order valence-electron chi connectivity index (χ4n) is 3.47. The second kappa shape index (κ2) is 8.37. The van der Waals surface area contributed by atoms with Crippen molar-refractivity contribution in [1.29, 1.82) is 0 Å². The molecule has 0 spiro atoms. The lowest BCUT2D eigenvalue weighted by atomic mass is 9.82. The zero-order chi connectivity index (χ0) is 16.8. The normalized spacial score (nSPS) is 21.2. The average Bonchev–Trinajstić information content (AvgIpc) is 2.52. The number of esters is 1. The summed E-state index contributed by atoms with van der Waals surface area (Å²) < 4.78 is 5.39. The van der Waals surface area contributed by atoms with Crippen LogP contribution in [0.15, 0.2) is 12.1 Å². The van der Waals surface area contributed by atoms with Gasteiger partial charge in [0.05, 0.1) is 6.61 Å². The molecule has 0 heterocycles. The first-order chi connectivity index (χ1) is 11.0. The minimum atomic E-state index is -0.113. The highest BCUT2D eigenvalue weighted by Crippen LogP contribution is 2.30. The van der Waals surface area contributed by atoms with E-state index in [1.807, 2.05) is 26.0 Å². The largest absolute Gasteiger partial charge is 0.507 e. The summed E-state index contributed by atoms with van der Waals surface area (Å²) >= 11 is 0. The molecular formula is C20H30O3. The fraction of sp³-hybridized carbons (Fsp3) is 0.650. The third-order valence-electron chi connectivity index (χ3n) is 5.09. The maximum atomic E-state index is 11.9. The topological polar surface area (TPSA) is 46.5 Å². The van der Waals surface area contributed by atoms with Crippen molar-refractivity contribution in [2.45, 2.75) is 65.7 Å². The molecule has 2 rings (SSSR count). The van der Waals surface area contributed by atoms with Crippen LogP contribution in [0.25, 0.3) is 0 Å². The van der Waals surface area contributed by atoms with Crippen molar-refractivity contribution in [3.05, 3.63) is 28.8 Å². The highest BCUT2D eigenvalue weighted by Gasteiger charge is 2.18. The molecule has 23 heavy (non-hydrogen) atoms. The van der Waals surface area contributed by atoms with Crippen molar-refractivity contribution in [3.8, 4) is 5.75 Å². The first-order valence-corrected chi connectivity index (χ1v) is 8.90. The Morgan fingerprint density at radius 2 is 1.78 bits per heavy atom. The molecule has 128 valence electrons. The van der Waals surface area contributed by atoms with Gasteiger partial charge in [0.1, 0.15) is 5.75 Å². The van der Waals surface area contributed by atoms with Crippen molar-refractivity contribution in [2.75, 3.05) is 6.61 Å². The van der Waals surface area contributed by atoms with Gasteiger partial charge in [0.2, 0.25) is 0 Å². The number of hydrogen-bond donors (Lipinski definition) is 1. The molecule has 1 aliphatic rings. The van der Waals surface area contributed by atoms with Gasteiger partial charge in [0, 0.05) is 6.42 Å². The van der Waals surface area contributed by atoms with Gasteiger partial charge in [0.15, 0.2) is 0 Å². The monoisotopic (exact) mass is 318 g/mol. The number of hydrogen-bond acceptors (Lipinski definition) is 3. The number of carbonyl (C=O) groups excluding carboxylic acids is 1. The molecule has 1 aromatic rings. The van der Waals surface area contributed by atoms with Crippen LogP contribution in [0.4, 0.5) is 0 Å². The van der Waals surface area contributed by atoms with E-state index in [0.29, 0.717) is 25.2 Å². The van der Waals surface area contributed by atoms with Crippen LogP contribution in [-0.4, -0.2) is 17.7 Å². The highest BCUT2D eigenvalue weighted by atomic mass is 16.5. The summed E-state index contributed by atoms with van der Waals surface area (Å²) in [6.45, 7) is 6.65. The third kappa shape index (κ3) is 5.56. The van der Waals surface area contributed by atoms with Crippen molar-refractivity contribution in [1.82, 2.24) is 0 Å². The van der Waals surface area contributed by atoms with Crippen LogP contribution in [0.5, 0.6) is 5.75 Å². The summed E-state index contributed by atoms with van der Waals surface area (Å²) in [4.78, 5) is 11.9. The summed E-state index contributed by atoms with van der Waals surface area (Å²) in [5, 5.41) is 9.77. The lowest BCUT2D eigenvalue weighted by molar-refractivity contribution is -0.144. The average molecular weight is 318 g/mol. The van der Waals surface area contributed by atoms with Gasteiger partial charge in [-0.1, -0.05) is 44.7 Å². The van der Waals surface area contributed by atoms with Gasteiger partial charge in [-0.2, -0.15) is 0 Å². The number of rotatable bonds is 6. The molecule has 1 saturated carbocycles. The zero-order valence-electron chi connectivity index (χ0n) is 14.7. The first kappa shape index (κ1) is 17.8. The molecule has 0 atom stereocenters. The number of aromatic hydroxyl groups is 1. The van der Waals surface area contributed by atoms with E-state index in [2.05, 4.69) is 6.92 Å². The smallest absolute Gasteiger partial charge is 0.306 e. The zero-order valence-corrected chi connectivity index (χ0v) is 14.7. The van der Waals surface area contributed by atoms with Crippen LogP contribution >= 0.6 is 0 Å². The molecule has 0 amide bonds.